The van der Waals surface area contributed by atoms with E-state index in [2.05, 4.69) is 28.6 Å². The van der Waals surface area contributed by atoms with E-state index in [1.807, 2.05) is 6.07 Å². The van der Waals surface area contributed by atoms with Crippen molar-refractivity contribution >= 4 is 34.5 Å². The molecule has 92 valence electrons. The normalized spacial score (nSPS) is 14.8. The smallest absolute Gasteiger partial charge is 0.255 e. The molecule has 1 aromatic carbocycles. The molecule has 0 saturated heterocycles. The average molecular weight is 316 g/mol. The molecule has 1 amide bonds. The summed E-state index contributed by atoms with van der Waals surface area (Å²) in [5, 5.41) is 9.00. The minimum atomic E-state index is -0.0425. The molecule has 0 unspecified atom stereocenters. The van der Waals surface area contributed by atoms with Crippen LogP contribution in [0.3, 0.4) is 0 Å². The van der Waals surface area contributed by atoms with Gasteiger partial charge in [0.25, 0.3) is 5.91 Å². The number of nitrogens with zero attached hydrogens (tertiary/aromatic N) is 1. The van der Waals surface area contributed by atoms with Crippen LogP contribution in [0.15, 0.2) is 27.6 Å². The highest BCUT2D eigenvalue weighted by Gasteiger charge is 2.33. The summed E-state index contributed by atoms with van der Waals surface area (Å²) in [4.78, 5) is 14.7. The van der Waals surface area contributed by atoms with Crippen LogP contribution in [0.4, 0.5) is 0 Å². The number of aliphatic hydroxyl groups is 1. The van der Waals surface area contributed by atoms with Crippen molar-refractivity contribution < 1.29 is 9.90 Å². The van der Waals surface area contributed by atoms with Crippen molar-refractivity contribution in [2.45, 2.75) is 23.8 Å². The molecular formula is C12H14BrNO2S. The molecule has 1 N–H and O–H groups in total. The van der Waals surface area contributed by atoms with Gasteiger partial charge in [-0.05, 0) is 31.0 Å². The maximum atomic E-state index is 12.3. The average Bonchev–Trinajstić information content (AvgIpc) is 3.09. The lowest BCUT2D eigenvalue weighted by Crippen LogP contribution is -2.35. The molecule has 1 aliphatic rings. The topological polar surface area (TPSA) is 40.5 Å². The highest BCUT2D eigenvalue weighted by Crippen LogP contribution is 2.29. The minimum absolute atomic E-state index is 0.000667. The lowest BCUT2D eigenvalue weighted by atomic mass is 10.2. The monoisotopic (exact) mass is 315 g/mol. The van der Waals surface area contributed by atoms with Gasteiger partial charge >= 0.3 is 0 Å². The van der Waals surface area contributed by atoms with E-state index >= 15 is 0 Å². The summed E-state index contributed by atoms with van der Waals surface area (Å²) in [6.07, 6.45) is 2.06. The molecule has 0 bridgehead atoms. The van der Waals surface area contributed by atoms with E-state index < -0.39 is 0 Å². The molecule has 0 spiro atoms. The van der Waals surface area contributed by atoms with Gasteiger partial charge < -0.3 is 10.0 Å². The number of halogens is 1. The van der Waals surface area contributed by atoms with Gasteiger partial charge in [0.05, 0.1) is 12.2 Å². The second-order valence-electron chi connectivity index (χ2n) is 4.11. The van der Waals surface area contributed by atoms with Crippen molar-refractivity contribution in [3.8, 4) is 0 Å². The van der Waals surface area contributed by atoms with Gasteiger partial charge in [0, 0.05) is 22.0 Å². The number of carbonyl (C=O) groups is 1. The van der Waals surface area contributed by atoms with E-state index in [-0.39, 0.29) is 12.5 Å². The lowest BCUT2D eigenvalue weighted by molar-refractivity contribution is 0.0704. The summed E-state index contributed by atoms with van der Waals surface area (Å²) in [7, 11) is 0. The number of hydrogen-bond donors (Lipinski definition) is 2. The van der Waals surface area contributed by atoms with Crippen LogP contribution in [0.25, 0.3) is 0 Å². The minimum Gasteiger partial charge on any atom is -0.395 e. The number of amides is 1. The van der Waals surface area contributed by atoms with E-state index in [0.29, 0.717) is 23.0 Å². The maximum absolute atomic E-state index is 12.3. The third-order valence-electron chi connectivity index (χ3n) is 2.78. The van der Waals surface area contributed by atoms with Crippen LogP contribution in [-0.4, -0.2) is 35.1 Å². The molecule has 1 aliphatic carbocycles. The van der Waals surface area contributed by atoms with Crippen molar-refractivity contribution in [3.63, 3.8) is 0 Å². The number of thiol groups is 1. The Morgan fingerprint density at radius 2 is 2.24 bits per heavy atom. The predicted octanol–water partition coefficient (Wildman–Crippen LogP) is 2.33. The fraction of sp³-hybridized carbons (Fsp3) is 0.417. The Morgan fingerprint density at radius 3 is 2.76 bits per heavy atom. The molecule has 5 heteroatoms. The van der Waals surface area contributed by atoms with Crippen molar-refractivity contribution in [3.05, 3.63) is 28.2 Å². The summed E-state index contributed by atoms with van der Waals surface area (Å²) >= 11 is 7.66. The molecule has 0 atom stereocenters. The third kappa shape index (κ3) is 3.03. The van der Waals surface area contributed by atoms with Crippen LogP contribution < -0.4 is 0 Å². The van der Waals surface area contributed by atoms with E-state index in [9.17, 15) is 4.79 Å². The SMILES string of the molecule is O=C(c1ccc(Br)cc1S)N(CCO)C1CC1. The number of aliphatic hydroxyl groups excluding tert-OH is 1. The zero-order valence-electron chi connectivity index (χ0n) is 9.27. The van der Waals surface area contributed by atoms with E-state index in [1.165, 1.54) is 0 Å². The first-order valence-electron chi connectivity index (χ1n) is 5.54. The van der Waals surface area contributed by atoms with Crippen molar-refractivity contribution in [2.75, 3.05) is 13.2 Å². The Labute approximate surface area is 114 Å². The number of rotatable bonds is 4. The zero-order valence-corrected chi connectivity index (χ0v) is 11.7. The summed E-state index contributed by atoms with van der Waals surface area (Å²) in [6, 6.07) is 5.70. The van der Waals surface area contributed by atoms with Crippen molar-refractivity contribution in [2.24, 2.45) is 0 Å². The van der Waals surface area contributed by atoms with Crippen LogP contribution >= 0.6 is 28.6 Å². The molecule has 1 fully saturated rings. The third-order valence-corrected chi connectivity index (χ3v) is 3.64. The summed E-state index contributed by atoms with van der Waals surface area (Å²) < 4.78 is 0.902. The molecule has 2 rings (SSSR count). The maximum Gasteiger partial charge on any atom is 0.255 e. The second-order valence-corrected chi connectivity index (χ2v) is 5.51. The highest BCUT2D eigenvalue weighted by atomic mass is 79.9. The quantitative estimate of drug-likeness (QED) is 0.837. The van der Waals surface area contributed by atoms with Gasteiger partial charge in [-0.15, -0.1) is 12.6 Å². The molecule has 0 aliphatic heterocycles. The Kier molecular flexibility index (Phi) is 4.12. The fourth-order valence-corrected chi connectivity index (χ4v) is 2.63. The first kappa shape index (κ1) is 12.9. The molecular weight excluding hydrogens is 302 g/mol. The molecule has 17 heavy (non-hydrogen) atoms. The van der Waals surface area contributed by atoms with Gasteiger partial charge in [0.1, 0.15) is 0 Å². The van der Waals surface area contributed by atoms with E-state index in [1.54, 1.807) is 17.0 Å². The molecule has 1 saturated carbocycles. The Balaban J connectivity index is 2.22. The predicted molar refractivity (Wildman–Crippen MR) is 72.5 cm³/mol. The van der Waals surface area contributed by atoms with Crippen LogP contribution in [0.2, 0.25) is 0 Å². The molecule has 3 nitrogen and oxygen atoms in total. The fourth-order valence-electron chi connectivity index (χ4n) is 1.78. The largest absolute Gasteiger partial charge is 0.395 e. The van der Waals surface area contributed by atoms with Gasteiger partial charge in [0.15, 0.2) is 0 Å². The highest BCUT2D eigenvalue weighted by molar-refractivity contribution is 9.10. The first-order chi connectivity index (χ1) is 8.13. The van der Waals surface area contributed by atoms with Crippen molar-refractivity contribution in [1.29, 1.82) is 0 Å². The van der Waals surface area contributed by atoms with Crippen molar-refractivity contribution in [1.82, 2.24) is 4.90 Å². The molecule has 0 radical (unpaired) electrons. The summed E-state index contributed by atoms with van der Waals surface area (Å²) in [5.74, 6) is -0.0425. The van der Waals surface area contributed by atoms with Gasteiger partial charge in [-0.3, -0.25) is 4.79 Å². The van der Waals surface area contributed by atoms with Crippen LogP contribution in [0, 0.1) is 0 Å². The number of benzene rings is 1. The van der Waals surface area contributed by atoms with Crippen LogP contribution in [-0.2, 0) is 0 Å². The summed E-state index contributed by atoms with van der Waals surface area (Å²) in [6.45, 7) is 0.396. The number of carbonyl (C=O) groups excluding carboxylic acids is 1. The van der Waals surface area contributed by atoms with Gasteiger partial charge in [-0.25, -0.2) is 0 Å². The van der Waals surface area contributed by atoms with E-state index in [4.69, 9.17) is 5.11 Å². The second kappa shape index (κ2) is 5.42. The zero-order chi connectivity index (χ0) is 12.4. The Bertz CT molecular complexity index is 435. The van der Waals surface area contributed by atoms with Crippen LogP contribution in [0.1, 0.15) is 23.2 Å². The van der Waals surface area contributed by atoms with Gasteiger partial charge in [-0.2, -0.15) is 0 Å². The van der Waals surface area contributed by atoms with Gasteiger partial charge in [-0.1, -0.05) is 15.9 Å². The van der Waals surface area contributed by atoms with Gasteiger partial charge in [0.2, 0.25) is 0 Å². The molecule has 1 aromatic rings. The standard InChI is InChI=1S/C12H14BrNO2S/c13-8-1-4-10(11(17)7-8)12(16)14(5-6-15)9-2-3-9/h1,4,7,9,15,17H,2-3,5-6H2. The molecule has 0 heterocycles. The van der Waals surface area contributed by atoms with E-state index in [0.717, 1.165) is 17.3 Å². The first-order valence-corrected chi connectivity index (χ1v) is 6.78. The Hall–Kier alpha value is -0.520. The molecule has 0 aromatic heterocycles. The lowest BCUT2D eigenvalue weighted by Gasteiger charge is -2.22. The van der Waals surface area contributed by atoms with Crippen LogP contribution in [0.5, 0.6) is 0 Å². The Morgan fingerprint density at radius 1 is 1.53 bits per heavy atom. The summed E-state index contributed by atoms with van der Waals surface area (Å²) in [5.41, 5.74) is 0.594. The number of hydrogen-bond acceptors (Lipinski definition) is 3.